The highest BCUT2D eigenvalue weighted by Crippen LogP contribution is 2.30. The minimum atomic E-state index is -0.933. The topological polar surface area (TPSA) is 87.5 Å². The number of hydrogen-bond donors (Lipinski definition) is 2. The smallest absolute Gasteiger partial charge is 0.303 e. The van der Waals surface area contributed by atoms with E-state index in [4.69, 9.17) is 5.11 Å². The van der Waals surface area contributed by atoms with Crippen molar-refractivity contribution in [2.75, 3.05) is 0 Å². The fourth-order valence-corrected chi connectivity index (χ4v) is 3.33. The molecule has 0 saturated carbocycles. The summed E-state index contributed by atoms with van der Waals surface area (Å²) in [4.78, 5) is 28.2. The van der Waals surface area contributed by atoms with E-state index in [1.807, 2.05) is 42.5 Å². The summed E-state index contributed by atoms with van der Waals surface area (Å²) >= 11 is 0. The highest BCUT2D eigenvalue weighted by molar-refractivity contribution is 5.99. The van der Waals surface area contributed by atoms with Gasteiger partial charge in [0.25, 0.3) is 5.56 Å². The second-order valence-electron chi connectivity index (χ2n) is 6.25. The predicted molar refractivity (Wildman–Crippen MR) is 99.4 cm³/mol. The fraction of sp³-hybridized carbons (Fsp3) is 0.150. The van der Waals surface area contributed by atoms with E-state index in [0.717, 1.165) is 21.9 Å². The maximum atomic E-state index is 12.8. The van der Waals surface area contributed by atoms with Gasteiger partial charge >= 0.3 is 5.97 Å². The number of aryl methyl sites for hydroxylation is 1. The van der Waals surface area contributed by atoms with Crippen molar-refractivity contribution in [3.8, 4) is 11.1 Å². The Morgan fingerprint density at radius 3 is 2.73 bits per heavy atom. The SMILES string of the molecule is Cc1nc2c(-c3cccc4ccccc34)c[nH]n2c(=O)c1CCC(=O)O. The molecule has 0 saturated heterocycles. The molecule has 0 aliphatic rings. The third-order valence-electron chi connectivity index (χ3n) is 4.63. The molecule has 6 heteroatoms. The number of carbonyl (C=O) groups is 1. The van der Waals surface area contributed by atoms with Crippen molar-refractivity contribution in [1.82, 2.24) is 14.6 Å². The van der Waals surface area contributed by atoms with Crippen molar-refractivity contribution in [3.63, 3.8) is 0 Å². The van der Waals surface area contributed by atoms with Crippen LogP contribution < -0.4 is 5.56 Å². The quantitative estimate of drug-likeness (QED) is 0.593. The van der Waals surface area contributed by atoms with Crippen LogP contribution in [0.2, 0.25) is 0 Å². The summed E-state index contributed by atoms with van der Waals surface area (Å²) in [5, 5.41) is 14.0. The number of aromatic nitrogens is 3. The van der Waals surface area contributed by atoms with E-state index in [2.05, 4.69) is 10.1 Å². The summed E-state index contributed by atoms with van der Waals surface area (Å²) in [7, 11) is 0. The molecule has 0 bridgehead atoms. The third-order valence-corrected chi connectivity index (χ3v) is 4.63. The lowest BCUT2D eigenvalue weighted by Crippen LogP contribution is -2.22. The molecule has 2 aromatic carbocycles. The lowest BCUT2D eigenvalue weighted by molar-refractivity contribution is -0.136. The first kappa shape index (κ1) is 16.1. The number of aromatic amines is 1. The maximum absolute atomic E-state index is 12.8. The Morgan fingerprint density at radius 1 is 1.15 bits per heavy atom. The van der Waals surface area contributed by atoms with Gasteiger partial charge in [-0.25, -0.2) is 9.50 Å². The van der Waals surface area contributed by atoms with E-state index in [9.17, 15) is 9.59 Å². The van der Waals surface area contributed by atoms with Crippen molar-refractivity contribution in [2.45, 2.75) is 19.8 Å². The minimum absolute atomic E-state index is 0.0965. The van der Waals surface area contributed by atoms with Crippen LogP contribution in [0.1, 0.15) is 17.7 Å². The zero-order valence-electron chi connectivity index (χ0n) is 14.2. The molecule has 0 aliphatic heterocycles. The van der Waals surface area contributed by atoms with Gasteiger partial charge in [0.2, 0.25) is 0 Å². The van der Waals surface area contributed by atoms with Gasteiger partial charge in [-0.05, 0) is 29.7 Å². The number of rotatable bonds is 4. The van der Waals surface area contributed by atoms with Crippen molar-refractivity contribution in [3.05, 3.63) is 70.3 Å². The van der Waals surface area contributed by atoms with Gasteiger partial charge in [0.1, 0.15) is 0 Å². The van der Waals surface area contributed by atoms with Gasteiger partial charge in [-0.3, -0.25) is 14.7 Å². The van der Waals surface area contributed by atoms with Crippen molar-refractivity contribution >= 4 is 22.4 Å². The number of hydrogen-bond acceptors (Lipinski definition) is 3. The molecule has 2 heterocycles. The molecule has 0 spiro atoms. The Morgan fingerprint density at radius 2 is 1.92 bits per heavy atom. The van der Waals surface area contributed by atoms with Crippen molar-refractivity contribution in [2.24, 2.45) is 0 Å². The number of fused-ring (bicyclic) bond motifs is 2. The Hall–Kier alpha value is -3.41. The van der Waals surface area contributed by atoms with Gasteiger partial charge in [-0.15, -0.1) is 0 Å². The normalized spacial score (nSPS) is 11.3. The Bertz CT molecular complexity index is 1200. The lowest BCUT2D eigenvalue weighted by Gasteiger charge is -2.07. The summed E-state index contributed by atoms with van der Waals surface area (Å²) in [5.74, 6) is -0.933. The second-order valence-corrected chi connectivity index (χ2v) is 6.25. The molecule has 26 heavy (non-hydrogen) atoms. The van der Waals surface area contributed by atoms with E-state index >= 15 is 0 Å². The number of nitrogens with zero attached hydrogens (tertiary/aromatic N) is 2. The van der Waals surface area contributed by atoms with E-state index in [1.165, 1.54) is 4.52 Å². The molecule has 0 unspecified atom stereocenters. The van der Waals surface area contributed by atoms with Crippen molar-refractivity contribution < 1.29 is 9.90 Å². The molecule has 0 atom stereocenters. The standard InChI is InChI=1S/C20H17N3O3/c1-12-14(9-10-18(24)25)20(26)23-19(22-12)17(11-21-23)16-8-4-6-13-5-2-3-7-15(13)16/h2-8,11,21H,9-10H2,1H3,(H,24,25). The summed E-state index contributed by atoms with van der Waals surface area (Å²) in [6.07, 6.45) is 1.84. The number of H-pyrrole nitrogens is 1. The minimum Gasteiger partial charge on any atom is -0.481 e. The summed E-state index contributed by atoms with van der Waals surface area (Å²) in [6.45, 7) is 1.75. The van der Waals surface area contributed by atoms with E-state index < -0.39 is 5.97 Å². The predicted octanol–water partition coefficient (Wildman–Crippen LogP) is 3.17. The molecule has 130 valence electrons. The number of benzene rings is 2. The first-order valence-electron chi connectivity index (χ1n) is 8.36. The van der Waals surface area contributed by atoms with Crippen LogP contribution in [0.15, 0.2) is 53.5 Å². The first-order chi connectivity index (χ1) is 12.6. The average Bonchev–Trinajstić information content (AvgIpc) is 3.04. The Kier molecular flexibility index (Phi) is 3.80. The lowest BCUT2D eigenvalue weighted by atomic mass is 10.0. The molecule has 2 aromatic heterocycles. The van der Waals surface area contributed by atoms with Crippen LogP contribution in [0.25, 0.3) is 27.5 Å². The summed E-state index contributed by atoms with van der Waals surface area (Å²) in [6, 6.07) is 14.1. The molecule has 2 N–H and O–H groups in total. The molecule has 4 aromatic rings. The Balaban J connectivity index is 1.93. The largest absolute Gasteiger partial charge is 0.481 e. The highest BCUT2D eigenvalue weighted by Gasteiger charge is 2.16. The van der Waals surface area contributed by atoms with Gasteiger partial charge in [0.05, 0.1) is 0 Å². The zero-order valence-corrected chi connectivity index (χ0v) is 14.2. The monoisotopic (exact) mass is 347 g/mol. The van der Waals surface area contributed by atoms with Gasteiger partial charge in [0.15, 0.2) is 5.65 Å². The van der Waals surface area contributed by atoms with E-state index in [0.29, 0.717) is 16.9 Å². The van der Waals surface area contributed by atoms with Crippen LogP contribution in [0.4, 0.5) is 0 Å². The van der Waals surface area contributed by atoms with Crippen LogP contribution in [0, 0.1) is 6.92 Å². The Labute approximate surface area is 148 Å². The van der Waals surface area contributed by atoms with E-state index in [-0.39, 0.29) is 18.4 Å². The second kappa shape index (κ2) is 6.15. The van der Waals surface area contributed by atoms with Crippen LogP contribution in [-0.4, -0.2) is 25.7 Å². The van der Waals surface area contributed by atoms with Crippen LogP contribution in [-0.2, 0) is 11.2 Å². The molecule has 0 radical (unpaired) electrons. The summed E-state index contributed by atoms with van der Waals surface area (Å²) in [5.41, 5.74) is 3.12. The molecule has 0 fully saturated rings. The fourth-order valence-electron chi connectivity index (χ4n) is 3.33. The number of carboxylic acids is 1. The van der Waals surface area contributed by atoms with Gasteiger partial charge in [-0.1, -0.05) is 42.5 Å². The molecular weight excluding hydrogens is 330 g/mol. The van der Waals surface area contributed by atoms with E-state index in [1.54, 1.807) is 13.1 Å². The number of carboxylic acid groups (broad SMARTS) is 1. The van der Waals surface area contributed by atoms with Gasteiger partial charge < -0.3 is 5.11 Å². The van der Waals surface area contributed by atoms with Gasteiger partial charge in [0, 0.05) is 29.4 Å². The zero-order chi connectivity index (χ0) is 18.3. The molecule has 0 aliphatic carbocycles. The molecule has 4 rings (SSSR count). The third kappa shape index (κ3) is 2.56. The van der Waals surface area contributed by atoms with Gasteiger partial charge in [-0.2, -0.15) is 0 Å². The summed E-state index contributed by atoms with van der Waals surface area (Å²) < 4.78 is 1.39. The van der Waals surface area contributed by atoms with Crippen LogP contribution in [0.3, 0.4) is 0 Å². The van der Waals surface area contributed by atoms with Crippen LogP contribution >= 0.6 is 0 Å². The highest BCUT2D eigenvalue weighted by atomic mass is 16.4. The number of nitrogens with one attached hydrogen (secondary N) is 1. The average molecular weight is 347 g/mol. The molecule has 0 amide bonds. The first-order valence-corrected chi connectivity index (χ1v) is 8.36. The van der Waals surface area contributed by atoms with Crippen molar-refractivity contribution in [1.29, 1.82) is 0 Å². The number of aliphatic carboxylic acids is 1. The van der Waals surface area contributed by atoms with Crippen LogP contribution in [0.5, 0.6) is 0 Å². The molecule has 6 nitrogen and oxygen atoms in total. The molecular formula is C20H17N3O3. The maximum Gasteiger partial charge on any atom is 0.303 e.